The molecule has 5 N–H and O–H groups in total. The zero-order valence-corrected chi connectivity index (χ0v) is 10.3. The van der Waals surface area contributed by atoms with Gasteiger partial charge in [0, 0.05) is 6.07 Å². The number of nitrogens with zero attached hydrogens (tertiary/aromatic N) is 2. The number of rotatable bonds is 7. The largest absolute Gasteiger partial charge is 0.394 e. The average molecular weight is 285 g/mol. The first-order valence-electron chi connectivity index (χ1n) is 5.65. The van der Waals surface area contributed by atoms with Crippen molar-refractivity contribution >= 4 is 17.6 Å². The zero-order chi connectivity index (χ0) is 15.1. The number of anilines is 1. The maximum absolute atomic E-state index is 10.7. The summed E-state index contributed by atoms with van der Waals surface area (Å²) in [4.78, 5) is 10.1. The minimum Gasteiger partial charge on any atom is -0.394 e. The smallest absolute Gasteiger partial charge is 0.294 e. The van der Waals surface area contributed by atoms with Crippen molar-refractivity contribution in [2.45, 2.75) is 18.3 Å². The third-order valence-electron chi connectivity index (χ3n) is 2.44. The molecule has 110 valence electrons. The van der Waals surface area contributed by atoms with Gasteiger partial charge >= 0.3 is 0 Å². The Hall–Kier alpha value is -2.07. The van der Waals surface area contributed by atoms with Gasteiger partial charge in [-0.15, -0.1) is 0 Å². The van der Waals surface area contributed by atoms with E-state index < -0.39 is 29.8 Å². The summed E-state index contributed by atoms with van der Waals surface area (Å²) in [6.07, 6.45) is -3.80. The lowest BCUT2D eigenvalue weighted by Gasteiger charge is -2.18. The Morgan fingerprint density at radius 1 is 1.35 bits per heavy atom. The van der Waals surface area contributed by atoms with Crippen LogP contribution in [0.25, 0.3) is 0 Å². The minimum absolute atomic E-state index is 0.109. The number of hydrogen-bond donors (Lipinski definition) is 5. The third-order valence-corrected chi connectivity index (χ3v) is 2.44. The summed E-state index contributed by atoms with van der Waals surface area (Å²) in [5.74, 6) is 0. The van der Waals surface area contributed by atoms with Gasteiger partial charge in [-0.1, -0.05) is 12.1 Å². The monoisotopic (exact) mass is 285 g/mol. The van der Waals surface area contributed by atoms with Crippen LogP contribution < -0.4 is 5.43 Å². The Labute approximate surface area is 114 Å². The number of hydrazone groups is 1. The molecule has 0 radical (unpaired) electrons. The van der Waals surface area contributed by atoms with Crippen molar-refractivity contribution in [3.63, 3.8) is 0 Å². The first-order valence-corrected chi connectivity index (χ1v) is 5.65. The summed E-state index contributed by atoms with van der Waals surface area (Å²) in [7, 11) is 0. The summed E-state index contributed by atoms with van der Waals surface area (Å²) in [6, 6.07) is 5.74. The lowest BCUT2D eigenvalue weighted by molar-refractivity contribution is -0.384. The van der Waals surface area contributed by atoms with E-state index in [0.717, 1.165) is 6.21 Å². The normalized spacial score (nSPS) is 15.8. The molecular formula is C11H15N3O6. The molecule has 0 heterocycles. The van der Waals surface area contributed by atoms with E-state index in [4.69, 9.17) is 10.2 Å². The standard InChI is InChI=1S/C11H15N3O6/c15-6-10(17)11(18)9(16)5-12-13-7-3-1-2-4-8(7)14(19)20/h1-5,9-11,13,15-18H,6H2/b12-5+/t9-,10-,11+/m0/s1. The van der Waals surface area contributed by atoms with Gasteiger partial charge in [-0.3, -0.25) is 15.5 Å². The third kappa shape index (κ3) is 4.24. The quantitative estimate of drug-likeness (QED) is 0.247. The highest BCUT2D eigenvalue weighted by atomic mass is 16.6. The first kappa shape index (κ1) is 16.0. The Morgan fingerprint density at radius 3 is 2.60 bits per heavy atom. The Morgan fingerprint density at radius 2 is 2.00 bits per heavy atom. The number of aliphatic hydroxyl groups is 4. The van der Waals surface area contributed by atoms with E-state index in [1.165, 1.54) is 18.2 Å². The molecule has 0 saturated heterocycles. The number of para-hydroxylation sites is 2. The molecule has 1 aromatic carbocycles. The first-order chi connectivity index (χ1) is 9.47. The highest BCUT2D eigenvalue weighted by molar-refractivity contribution is 5.67. The molecule has 0 saturated carbocycles. The lowest BCUT2D eigenvalue weighted by atomic mass is 10.1. The van der Waals surface area contributed by atoms with E-state index in [1.807, 2.05) is 0 Å². The molecule has 0 unspecified atom stereocenters. The number of nitrogens with one attached hydrogen (secondary N) is 1. The molecule has 1 aromatic rings. The highest BCUT2D eigenvalue weighted by Crippen LogP contribution is 2.22. The fourth-order valence-electron chi connectivity index (χ4n) is 1.33. The molecule has 1 rings (SSSR count). The SMILES string of the molecule is O=[N+]([O-])c1ccccc1N/N=C/[C@H](O)[C@@H](O)[C@@H](O)CO. The summed E-state index contributed by atoms with van der Waals surface area (Å²) >= 11 is 0. The van der Waals surface area contributed by atoms with Gasteiger partial charge in [0.2, 0.25) is 0 Å². The maximum atomic E-state index is 10.7. The van der Waals surface area contributed by atoms with Crippen LogP contribution in [0.15, 0.2) is 29.4 Å². The molecule has 0 bridgehead atoms. The van der Waals surface area contributed by atoms with Gasteiger partial charge in [0.05, 0.1) is 17.7 Å². The molecule has 0 aromatic heterocycles. The maximum Gasteiger partial charge on any atom is 0.294 e. The van der Waals surface area contributed by atoms with Crippen LogP contribution in [0.1, 0.15) is 0 Å². The highest BCUT2D eigenvalue weighted by Gasteiger charge is 2.22. The number of aliphatic hydroxyl groups excluding tert-OH is 4. The van der Waals surface area contributed by atoms with Crippen LogP contribution in [0.5, 0.6) is 0 Å². The number of nitro benzene ring substituents is 1. The van der Waals surface area contributed by atoms with Crippen LogP contribution in [-0.4, -0.2) is 56.5 Å². The Kier molecular flexibility index (Phi) is 6.00. The predicted octanol–water partition coefficient (Wildman–Crippen LogP) is -0.933. The molecule has 0 aliphatic rings. The zero-order valence-electron chi connectivity index (χ0n) is 10.3. The lowest BCUT2D eigenvalue weighted by Crippen LogP contribution is -2.40. The van der Waals surface area contributed by atoms with E-state index in [0.29, 0.717) is 0 Å². The molecule has 20 heavy (non-hydrogen) atoms. The second-order valence-corrected chi connectivity index (χ2v) is 3.90. The molecule has 0 spiro atoms. The van der Waals surface area contributed by atoms with Crippen LogP contribution in [0, 0.1) is 10.1 Å². The second-order valence-electron chi connectivity index (χ2n) is 3.90. The molecule has 3 atom stereocenters. The van der Waals surface area contributed by atoms with Crippen molar-refractivity contribution in [3.05, 3.63) is 34.4 Å². The van der Waals surface area contributed by atoms with Crippen molar-refractivity contribution in [1.82, 2.24) is 0 Å². The number of nitro groups is 1. The fraction of sp³-hybridized carbons (Fsp3) is 0.364. The van der Waals surface area contributed by atoms with Crippen LogP contribution in [0.3, 0.4) is 0 Å². The molecule has 9 heteroatoms. The summed E-state index contributed by atoms with van der Waals surface area (Å²) in [5.41, 5.74) is 2.26. The number of hydrogen-bond acceptors (Lipinski definition) is 8. The van der Waals surface area contributed by atoms with Gasteiger partial charge in [0.15, 0.2) is 0 Å². The summed E-state index contributed by atoms with van der Waals surface area (Å²) < 4.78 is 0. The van der Waals surface area contributed by atoms with Gasteiger partial charge in [0.1, 0.15) is 24.0 Å². The van der Waals surface area contributed by atoms with Crippen molar-refractivity contribution in [2.75, 3.05) is 12.0 Å². The summed E-state index contributed by atoms with van der Waals surface area (Å²) in [6.45, 7) is -0.719. The van der Waals surface area contributed by atoms with Crippen LogP contribution in [-0.2, 0) is 0 Å². The molecule has 9 nitrogen and oxygen atoms in total. The second kappa shape index (κ2) is 7.50. The molecule has 0 aliphatic heterocycles. The van der Waals surface area contributed by atoms with Crippen molar-refractivity contribution in [2.24, 2.45) is 5.10 Å². The van der Waals surface area contributed by atoms with Gasteiger partial charge in [-0.2, -0.15) is 5.10 Å². The van der Waals surface area contributed by atoms with Gasteiger partial charge < -0.3 is 20.4 Å². The number of benzene rings is 1. The van der Waals surface area contributed by atoms with Gasteiger partial charge in [0.25, 0.3) is 5.69 Å². The van der Waals surface area contributed by atoms with Gasteiger partial charge in [-0.25, -0.2) is 0 Å². The van der Waals surface area contributed by atoms with Crippen molar-refractivity contribution in [1.29, 1.82) is 0 Å². The average Bonchev–Trinajstić information content (AvgIpc) is 2.45. The van der Waals surface area contributed by atoms with Gasteiger partial charge in [-0.05, 0) is 6.07 Å². The van der Waals surface area contributed by atoms with E-state index in [-0.39, 0.29) is 11.4 Å². The topological polar surface area (TPSA) is 148 Å². The predicted molar refractivity (Wildman–Crippen MR) is 70.3 cm³/mol. The van der Waals surface area contributed by atoms with E-state index in [1.54, 1.807) is 6.07 Å². The van der Waals surface area contributed by atoms with Crippen LogP contribution in [0.4, 0.5) is 11.4 Å². The van der Waals surface area contributed by atoms with Crippen molar-refractivity contribution < 1.29 is 25.3 Å². The molecular weight excluding hydrogens is 270 g/mol. The van der Waals surface area contributed by atoms with Crippen LogP contribution in [0.2, 0.25) is 0 Å². The fourth-order valence-corrected chi connectivity index (χ4v) is 1.33. The Bertz CT molecular complexity index is 481. The summed E-state index contributed by atoms with van der Waals surface area (Å²) in [5, 5.41) is 50.7. The Balaban J connectivity index is 2.67. The van der Waals surface area contributed by atoms with E-state index in [9.17, 15) is 20.3 Å². The molecule has 0 aliphatic carbocycles. The van der Waals surface area contributed by atoms with E-state index in [2.05, 4.69) is 10.5 Å². The van der Waals surface area contributed by atoms with Crippen molar-refractivity contribution in [3.8, 4) is 0 Å². The van der Waals surface area contributed by atoms with Crippen LogP contribution >= 0.6 is 0 Å². The molecule has 0 fully saturated rings. The van der Waals surface area contributed by atoms with E-state index >= 15 is 0 Å². The minimum atomic E-state index is -1.61. The molecule has 0 amide bonds.